The van der Waals surface area contributed by atoms with E-state index in [0.717, 1.165) is 31.5 Å². The third-order valence-electron chi connectivity index (χ3n) is 4.48. The fourth-order valence-corrected chi connectivity index (χ4v) is 4.07. The minimum Gasteiger partial charge on any atom is -0.348 e. The Morgan fingerprint density at radius 3 is 2.32 bits per heavy atom. The van der Waals surface area contributed by atoms with Crippen molar-refractivity contribution in [2.45, 2.75) is 38.8 Å². The van der Waals surface area contributed by atoms with Gasteiger partial charge < -0.3 is 5.32 Å². The largest absolute Gasteiger partial charge is 0.348 e. The van der Waals surface area contributed by atoms with Gasteiger partial charge >= 0.3 is 0 Å². The molecule has 0 aromatic heterocycles. The van der Waals surface area contributed by atoms with Crippen molar-refractivity contribution in [3.05, 3.63) is 35.9 Å². The number of amides is 1. The monoisotopic (exact) mass is 367 g/mol. The van der Waals surface area contributed by atoms with Crippen LogP contribution < -0.4 is 10.0 Å². The van der Waals surface area contributed by atoms with Crippen molar-refractivity contribution in [3.63, 3.8) is 0 Å². The zero-order chi connectivity index (χ0) is 18.4. The molecule has 0 aliphatic carbocycles. The molecular formula is C18H29N3O3S. The predicted octanol–water partition coefficient (Wildman–Crippen LogP) is 1.51. The molecular weight excluding hydrogens is 338 g/mol. The van der Waals surface area contributed by atoms with Crippen molar-refractivity contribution in [2.75, 3.05) is 25.9 Å². The molecule has 1 amide bonds. The maximum atomic E-state index is 12.4. The van der Waals surface area contributed by atoms with Crippen LogP contribution in [0.4, 0.5) is 0 Å². The van der Waals surface area contributed by atoms with Crippen LogP contribution in [0.5, 0.6) is 0 Å². The van der Waals surface area contributed by atoms with Gasteiger partial charge in [0.05, 0.1) is 18.8 Å². The molecule has 1 aromatic rings. The number of sulfonamides is 1. The maximum Gasteiger partial charge on any atom is 0.234 e. The molecule has 140 valence electrons. The van der Waals surface area contributed by atoms with Gasteiger partial charge in [-0.25, -0.2) is 13.1 Å². The van der Waals surface area contributed by atoms with E-state index >= 15 is 0 Å². The van der Waals surface area contributed by atoms with Crippen molar-refractivity contribution in [1.29, 1.82) is 0 Å². The van der Waals surface area contributed by atoms with Crippen molar-refractivity contribution in [3.8, 4) is 0 Å². The summed E-state index contributed by atoms with van der Waals surface area (Å²) in [5, 5.41) is 3.14. The van der Waals surface area contributed by atoms with Crippen molar-refractivity contribution >= 4 is 15.9 Å². The summed E-state index contributed by atoms with van der Waals surface area (Å²) < 4.78 is 25.2. The van der Waals surface area contributed by atoms with Crippen LogP contribution in [-0.4, -0.2) is 51.2 Å². The van der Waals surface area contributed by atoms with E-state index < -0.39 is 10.0 Å². The van der Waals surface area contributed by atoms with E-state index in [1.165, 1.54) is 6.26 Å². The summed E-state index contributed by atoms with van der Waals surface area (Å²) in [6.07, 6.45) is 2.64. The highest BCUT2D eigenvalue weighted by atomic mass is 32.2. The predicted molar refractivity (Wildman–Crippen MR) is 99.6 cm³/mol. The second-order valence-electron chi connectivity index (χ2n) is 7.14. The van der Waals surface area contributed by atoms with Gasteiger partial charge in [0.1, 0.15) is 0 Å². The van der Waals surface area contributed by atoms with Gasteiger partial charge in [-0.1, -0.05) is 44.2 Å². The topological polar surface area (TPSA) is 78.5 Å². The molecule has 2 rings (SSSR count). The molecule has 6 nitrogen and oxygen atoms in total. The molecule has 0 spiro atoms. The van der Waals surface area contributed by atoms with E-state index in [4.69, 9.17) is 0 Å². The average molecular weight is 368 g/mol. The average Bonchev–Trinajstić information content (AvgIpc) is 2.54. The van der Waals surface area contributed by atoms with Crippen molar-refractivity contribution in [2.24, 2.45) is 5.92 Å². The van der Waals surface area contributed by atoms with Crippen molar-refractivity contribution < 1.29 is 13.2 Å². The molecule has 1 atom stereocenters. The normalized spacial score (nSPS) is 18.2. The smallest absolute Gasteiger partial charge is 0.234 e. The molecule has 1 aromatic carbocycles. The van der Waals surface area contributed by atoms with Gasteiger partial charge in [0.15, 0.2) is 0 Å². The lowest BCUT2D eigenvalue weighted by Crippen LogP contribution is -2.47. The first kappa shape index (κ1) is 19.9. The lowest BCUT2D eigenvalue weighted by Gasteiger charge is -2.32. The number of carbonyl (C=O) groups is 1. The summed E-state index contributed by atoms with van der Waals surface area (Å²) in [6, 6.07) is 9.98. The Kier molecular flexibility index (Phi) is 6.98. The Bertz CT molecular complexity index is 653. The van der Waals surface area contributed by atoms with E-state index in [2.05, 4.69) is 28.8 Å². The van der Waals surface area contributed by atoms with Crippen LogP contribution in [0.3, 0.4) is 0 Å². The Labute approximate surface area is 151 Å². The van der Waals surface area contributed by atoms with Crippen LogP contribution in [0.1, 0.15) is 38.3 Å². The molecule has 0 saturated carbocycles. The van der Waals surface area contributed by atoms with Crippen LogP contribution in [0, 0.1) is 5.92 Å². The van der Waals surface area contributed by atoms with Crippen LogP contribution >= 0.6 is 0 Å². The third kappa shape index (κ3) is 6.76. The van der Waals surface area contributed by atoms with Gasteiger partial charge in [-0.3, -0.25) is 9.69 Å². The van der Waals surface area contributed by atoms with E-state index in [9.17, 15) is 13.2 Å². The fourth-order valence-electron chi connectivity index (χ4n) is 3.23. The number of nitrogens with one attached hydrogen (secondary N) is 2. The summed E-state index contributed by atoms with van der Waals surface area (Å²) in [6.45, 7) is 5.98. The highest BCUT2D eigenvalue weighted by Gasteiger charge is 2.24. The Morgan fingerprint density at radius 2 is 1.80 bits per heavy atom. The zero-order valence-electron chi connectivity index (χ0n) is 15.2. The van der Waals surface area contributed by atoms with Crippen LogP contribution in [0.2, 0.25) is 0 Å². The number of likely N-dealkylation sites (tertiary alicyclic amines) is 1. The Morgan fingerprint density at radius 1 is 1.20 bits per heavy atom. The number of benzene rings is 1. The molecule has 1 aliphatic rings. The highest BCUT2D eigenvalue weighted by molar-refractivity contribution is 7.88. The quantitative estimate of drug-likeness (QED) is 0.766. The van der Waals surface area contributed by atoms with Crippen LogP contribution in [-0.2, 0) is 14.8 Å². The number of nitrogens with zero attached hydrogens (tertiary/aromatic N) is 1. The number of hydrogen-bond acceptors (Lipinski definition) is 4. The first-order valence-corrected chi connectivity index (χ1v) is 10.7. The standard InChI is InChI=1S/C18H29N3O3S/c1-14(2)18(15-7-5-4-6-8-15)19-17(22)13-21-11-9-16(10-12-21)20-25(3,23)24/h4-8,14,16,18,20H,9-13H2,1-3H3,(H,19,22). The Hall–Kier alpha value is -1.44. The summed E-state index contributed by atoms with van der Waals surface area (Å²) in [7, 11) is -3.17. The van der Waals surface area contributed by atoms with Crippen molar-refractivity contribution in [1.82, 2.24) is 14.9 Å². The molecule has 25 heavy (non-hydrogen) atoms. The third-order valence-corrected chi connectivity index (χ3v) is 5.24. The molecule has 0 bridgehead atoms. The molecule has 1 aliphatic heterocycles. The zero-order valence-corrected chi connectivity index (χ0v) is 16.1. The summed E-state index contributed by atoms with van der Waals surface area (Å²) in [5.74, 6) is 0.313. The van der Waals surface area contributed by atoms with Gasteiger partial charge in [-0.05, 0) is 24.3 Å². The van der Waals surface area contributed by atoms with E-state index in [-0.39, 0.29) is 18.0 Å². The second-order valence-corrected chi connectivity index (χ2v) is 8.92. The lowest BCUT2D eigenvalue weighted by atomic mass is 9.96. The fraction of sp³-hybridized carbons (Fsp3) is 0.611. The van der Waals surface area contributed by atoms with Gasteiger partial charge in [0.2, 0.25) is 15.9 Å². The first-order chi connectivity index (χ1) is 11.7. The van der Waals surface area contributed by atoms with Crippen LogP contribution in [0.15, 0.2) is 30.3 Å². The molecule has 0 radical (unpaired) electrons. The molecule has 1 fully saturated rings. The number of piperidine rings is 1. The minimum absolute atomic E-state index is 0.00172. The number of hydrogen-bond donors (Lipinski definition) is 2. The van der Waals surface area contributed by atoms with Gasteiger partial charge in [0.25, 0.3) is 0 Å². The molecule has 1 heterocycles. The Balaban J connectivity index is 1.84. The lowest BCUT2D eigenvalue weighted by molar-refractivity contribution is -0.123. The van der Waals surface area contributed by atoms with E-state index in [1.54, 1.807) is 0 Å². The summed E-state index contributed by atoms with van der Waals surface area (Å²) in [5.41, 5.74) is 1.11. The minimum atomic E-state index is -3.17. The van der Waals surface area contributed by atoms with E-state index in [0.29, 0.717) is 12.5 Å². The first-order valence-electron chi connectivity index (χ1n) is 8.78. The molecule has 2 N–H and O–H groups in total. The SMILES string of the molecule is CC(C)C(NC(=O)CN1CCC(NS(C)(=O)=O)CC1)c1ccccc1. The van der Waals surface area contributed by atoms with Gasteiger partial charge in [-0.2, -0.15) is 0 Å². The molecule has 1 saturated heterocycles. The molecule has 7 heteroatoms. The van der Waals surface area contributed by atoms with Gasteiger partial charge in [0, 0.05) is 19.1 Å². The number of carbonyl (C=O) groups excluding carboxylic acids is 1. The summed E-state index contributed by atoms with van der Waals surface area (Å²) in [4.78, 5) is 14.5. The van der Waals surface area contributed by atoms with Crippen LogP contribution in [0.25, 0.3) is 0 Å². The molecule has 1 unspecified atom stereocenters. The maximum absolute atomic E-state index is 12.4. The van der Waals surface area contributed by atoms with Gasteiger partial charge in [-0.15, -0.1) is 0 Å². The number of rotatable bonds is 7. The van der Waals surface area contributed by atoms with E-state index in [1.807, 2.05) is 30.3 Å². The second kappa shape index (κ2) is 8.78. The summed E-state index contributed by atoms with van der Waals surface area (Å²) >= 11 is 0. The highest BCUT2D eigenvalue weighted by Crippen LogP contribution is 2.21.